The zero-order valence-electron chi connectivity index (χ0n) is 16.1. The second-order valence-corrected chi connectivity index (χ2v) is 8.06. The van der Waals surface area contributed by atoms with Gasteiger partial charge in [0.25, 0.3) is 0 Å². The SMILES string of the molecule is COc1cccc(CN2CCN(CC(=O)Nc3nnc(C(C)C)s3)CC2)c1. The standard InChI is InChI=1S/C19H27N5O2S/c1-14(2)18-21-22-19(27-18)20-17(25)13-24-9-7-23(8-10-24)12-15-5-4-6-16(11-15)26-3/h4-6,11,14H,7-10,12-13H2,1-3H3,(H,20,22,25). The van der Waals surface area contributed by atoms with Crippen LogP contribution in [0.2, 0.25) is 0 Å². The summed E-state index contributed by atoms with van der Waals surface area (Å²) >= 11 is 1.44. The summed E-state index contributed by atoms with van der Waals surface area (Å²) in [5, 5.41) is 12.5. The van der Waals surface area contributed by atoms with E-state index in [9.17, 15) is 4.79 Å². The summed E-state index contributed by atoms with van der Waals surface area (Å²) in [6.45, 7) is 9.08. The van der Waals surface area contributed by atoms with Crippen LogP contribution in [0.15, 0.2) is 24.3 Å². The van der Waals surface area contributed by atoms with E-state index in [4.69, 9.17) is 4.74 Å². The zero-order valence-corrected chi connectivity index (χ0v) is 17.0. The van der Waals surface area contributed by atoms with Crippen molar-refractivity contribution >= 4 is 22.4 Å². The molecule has 2 aromatic rings. The van der Waals surface area contributed by atoms with E-state index in [0.29, 0.717) is 17.6 Å². The molecule has 3 rings (SSSR count). The second-order valence-electron chi connectivity index (χ2n) is 7.05. The van der Waals surface area contributed by atoms with Gasteiger partial charge in [0.1, 0.15) is 10.8 Å². The highest BCUT2D eigenvalue weighted by molar-refractivity contribution is 7.15. The maximum absolute atomic E-state index is 12.3. The molecule has 1 amide bonds. The fourth-order valence-electron chi connectivity index (χ4n) is 3.01. The molecule has 0 radical (unpaired) electrons. The first-order valence-electron chi connectivity index (χ1n) is 9.24. The lowest BCUT2D eigenvalue weighted by molar-refractivity contribution is -0.117. The molecule has 0 bridgehead atoms. The molecule has 1 aromatic carbocycles. The lowest BCUT2D eigenvalue weighted by atomic mass is 10.2. The van der Waals surface area contributed by atoms with Crippen molar-refractivity contribution in [1.29, 1.82) is 0 Å². The van der Waals surface area contributed by atoms with Crippen molar-refractivity contribution in [1.82, 2.24) is 20.0 Å². The molecule has 7 nitrogen and oxygen atoms in total. The Hall–Kier alpha value is -2.03. The lowest BCUT2D eigenvalue weighted by Gasteiger charge is -2.34. The summed E-state index contributed by atoms with van der Waals surface area (Å²) in [6.07, 6.45) is 0. The number of methoxy groups -OCH3 is 1. The highest BCUT2D eigenvalue weighted by atomic mass is 32.1. The number of carbonyl (C=O) groups is 1. The van der Waals surface area contributed by atoms with E-state index in [1.807, 2.05) is 12.1 Å². The van der Waals surface area contributed by atoms with Crippen LogP contribution in [0.5, 0.6) is 5.75 Å². The van der Waals surface area contributed by atoms with E-state index >= 15 is 0 Å². The molecule has 1 fully saturated rings. The quantitative estimate of drug-likeness (QED) is 0.784. The Morgan fingerprint density at radius 3 is 2.63 bits per heavy atom. The topological polar surface area (TPSA) is 70.6 Å². The molecule has 0 unspecified atom stereocenters. The number of nitrogens with one attached hydrogen (secondary N) is 1. The average molecular weight is 390 g/mol. The third-order valence-corrected chi connectivity index (χ3v) is 5.69. The molecule has 0 atom stereocenters. The van der Waals surface area contributed by atoms with Gasteiger partial charge in [-0.1, -0.05) is 37.3 Å². The first kappa shape index (κ1) is 19.7. The average Bonchev–Trinajstić information content (AvgIpc) is 3.12. The van der Waals surface area contributed by atoms with Gasteiger partial charge < -0.3 is 4.74 Å². The predicted molar refractivity (Wildman–Crippen MR) is 107 cm³/mol. The number of anilines is 1. The first-order valence-corrected chi connectivity index (χ1v) is 10.1. The Labute approximate surface area is 164 Å². The molecule has 0 saturated carbocycles. The van der Waals surface area contributed by atoms with Crippen molar-refractivity contribution in [3.63, 3.8) is 0 Å². The highest BCUT2D eigenvalue weighted by Crippen LogP contribution is 2.22. The number of aromatic nitrogens is 2. The van der Waals surface area contributed by atoms with E-state index in [1.165, 1.54) is 16.9 Å². The molecule has 0 aliphatic carbocycles. The van der Waals surface area contributed by atoms with Gasteiger partial charge in [0.05, 0.1) is 13.7 Å². The van der Waals surface area contributed by atoms with Crippen molar-refractivity contribution < 1.29 is 9.53 Å². The van der Waals surface area contributed by atoms with Crippen LogP contribution in [0.25, 0.3) is 0 Å². The Morgan fingerprint density at radius 1 is 1.22 bits per heavy atom. The number of ether oxygens (including phenoxy) is 1. The number of carbonyl (C=O) groups excluding carboxylic acids is 1. The Morgan fingerprint density at radius 2 is 1.96 bits per heavy atom. The van der Waals surface area contributed by atoms with Gasteiger partial charge in [0.2, 0.25) is 11.0 Å². The predicted octanol–water partition coefficient (Wildman–Crippen LogP) is 2.43. The van der Waals surface area contributed by atoms with Gasteiger partial charge in [-0.25, -0.2) is 0 Å². The van der Waals surface area contributed by atoms with Crippen molar-refractivity contribution in [3.8, 4) is 5.75 Å². The number of hydrogen-bond donors (Lipinski definition) is 1. The zero-order chi connectivity index (χ0) is 19.2. The van der Waals surface area contributed by atoms with Crippen LogP contribution < -0.4 is 10.1 Å². The minimum atomic E-state index is -0.0253. The van der Waals surface area contributed by atoms with E-state index < -0.39 is 0 Å². The smallest absolute Gasteiger partial charge is 0.240 e. The molecule has 0 spiro atoms. The van der Waals surface area contributed by atoms with Gasteiger partial charge in [-0.15, -0.1) is 10.2 Å². The van der Waals surface area contributed by atoms with Gasteiger partial charge in [0, 0.05) is 38.6 Å². The van der Waals surface area contributed by atoms with Crippen molar-refractivity contribution in [2.45, 2.75) is 26.3 Å². The van der Waals surface area contributed by atoms with Crippen LogP contribution in [0, 0.1) is 0 Å². The highest BCUT2D eigenvalue weighted by Gasteiger charge is 2.20. The Balaban J connectivity index is 1.42. The van der Waals surface area contributed by atoms with Crippen LogP contribution in [-0.2, 0) is 11.3 Å². The Kier molecular flexibility index (Phi) is 6.76. The third-order valence-electron chi connectivity index (χ3n) is 4.55. The molecule has 1 N–H and O–H groups in total. The van der Waals surface area contributed by atoms with E-state index in [2.05, 4.69) is 51.3 Å². The lowest BCUT2D eigenvalue weighted by Crippen LogP contribution is -2.48. The molecular formula is C19H27N5O2S. The minimum absolute atomic E-state index is 0.0253. The van der Waals surface area contributed by atoms with Crippen LogP contribution in [0.1, 0.15) is 30.3 Å². The molecule has 1 aromatic heterocycles. The summed E-state index contributed by atoms with van der Waals surface area (Å²) in [6, 6.07) is 8.18. The molecule has 1 saturated heterocycles. The van der Waals surface area contributed by atoms with Crippen molar-refractivity contribution in [3.05, 3.63) is 34.8 Å². The number of nitrogens with zero attached hydrogens (tertiary/aromatic N) is 4. The molecule has 1 aliphatic heterocycles. The van der Waals surface area contributed by atoms with Crippen LogP contribution >= 0.6 is 11.3 Å². The van der Waals surface area contributed by atoms with Crippen LogP contribution in [-0.4, -0.2) is 65.7 Å². The molecule has 27 heavy (non-hydrogen) atoms. The molecule has 8 heteroatoms. The monoisotopic (exact) mass is 389 g/mol. The third kappa shape index (κ3) is 5.72. The summed E-state index contributed by atoms with van der Waals surface area (Å²) in [5.41, 5.74) is 1.25. The number of piperazine rings is 1. The molecule has 1 aliphatic rings. The van der Waals surface area contributed by atoms with Gasteiger partial charge in [-0.3, -0.25) is 19.9 Å². The molecule has 2 heterocycles. The van der Waals surface area contributed by atoms with Gasteiger partial charge in [0.15, 0.2) is 0 Å². The number of benzene rings is 1. The molecular weight excluding hydrogens is 362 g/mol. The van der Waals surface area contributed by atoms with Gasteiger partial charge in [-0.2, -0.15) is 0 Å². The minimum Gasteiger partial charge on any atom is -0.497 e. The van der Waals surface area contributed by atoms with Crippen LogP contribution in [0.4, 0.5) is 5.13 Å². The van der Waals surface area contributed by atoms with Crippen LogP contribution in [0.3, 0.4) is 0 Å². The van der Waals surface area contributed by atoms with Crippen molar-refractivity contribution in [2.75, 3.05) is 45.2 Å². The van der Waals surface area contributed by atoms with E-state index in [0.717, 1.165) is 43.5 Å². The van der Waals surface area contributed by atoms with E-state index in [-0.39, 0.29) is 5.91 Å². The van der Waals surface area contributed by atoms with Crippen molar-refractivity contribution in [2.24, 2.45) is 0 Å². The summed E-state index contributed by atoms with van der Waals surface area (Å²) in [7, 11) is 1.69. The number of hydrogen-bond acceptors (Lipinski definition) is 7. The number of rotatable bonds is 7. The van der Waals surface area contributed by atoms with Gasteiger partial charge in [-0.05, 0) is 17.7 Å². The Bertz CT molecular complexity index is 756. The number of amides is 1. The summed E-state index contributed by atoms with van der Waals surface area (Å²) in [5.74, 6) is 1.19. The fourth-order valence-corrected chi connectivity index (χ4v) is 3.78. The fraction of sp³-hybridized carbons (Fsp3) is 0.526. The maximum Gasteiger partial charge on any atom is 0.240 e. The van der Waals surface area contributed by atoms with Gasteiger partial charge >= 0.3 is 0 Å². The second kappa shape index (κ2) is 9.25. The summed E-state index contributed by atoms with van der Waals surface area (Å²) < 4.78 is 5.29. The first-order chi connectivity index (χ1) is 13.0. The maximum atomic E-state index is 12.3. The largest absolute Gasteiger partial charge is 0.497 e. The van der Waals surface area contributed by atoms with E-state index in [1.54, 1.807) is 7.11 Å². The normalized spacial score (nSPS) is 15.9. The summed E-state index contributed by atoms with van der Waals surface area (Å²) in [4.78, 5) is 16.8. The molecule has 146 valence electrons.